The fourth-order valence-corrected chi connectivity index (χ4v) is 3.80. The van der Waals surface area contributed by atoms with Crippen LogP contribution in [0.4, 0.5) is 13.2 Å². The first kappa shape index (κ1) is 17.8. The van der Waals surface area contributed by atoms with E-state index in [-0.39, 0.29) is 11.0 Å². The number of halogens is 4. The van der Waals surface area contributed by atoms with Gasteiger partial charge >= 0.3 is 6.18 Å². The molecule has 0 N–H and O–H groups in total. The summed E-state index contributed by atoms with van der Waals surface area (Å²) in [4.78, 5) is 0. The predicted octanol–water partition coefficient (Wildman–Crippen LogP) is 4.69. The second-order valence-electron chi connectivity index (χ2n) is 4.98. The van der Waals surface area contributed by atoms with E-state index in [1.54, 1.807) is 11.8 Å². The van der Waals surface area contributed by atoms with E-state index in [2.05, 4.69) is 0 Å². The Morgan fingerprint density at radius 3 is 2.77 bits per heavy atom. The van der Waals surface area contributed by atoms with Crippen molar-refractivity contribution in [3.05, 3.63) is 28.8 Å². The lowest BCUT2D eigenvalue weighted by Crippen LogP contribution is -2.12. The molecule has 0 aliphatic carbocycles. The smallest absolute Gasteiger partial charge is 0.419 e. The third-order valence-corrected chi connectivity index (χ3v) is 4.98. The molecule has 1 heterocycles. The van der Waals surface area contributed by atoms with E-state index < -0.39 is 11.7 Å². The Balaban J connectivity index is 2.38. The van der Waals surface area contributed by atoms with Gasteiger partial charge in [0.25, 0.3) is 0 Å². The molecule has 0 saturated heterocycles. The van der Waals surface area contributed by atoms with Crippen molar-refractivity contribution >= 4 is 23.4 Å². The molecule has 124 valence electrons. The summed E-state index contributed by atoms with van der Waals surface area (Å²) >= 11 is 7.21. The van der Waals surface area contributed by atoms with Crippen molar-refractivity contribution in [3.8, 4) is 5.75 Å². The van der Waals surface area contributed by atoms with Crippen LogP contribution in [0.3, 0.4) is 0 Å². The van der Waals surface area contributed by atoms with Crippen LogP contribution in [-0.2, 0) is 17.3 Å². The number of alkyl halides is 4. The predicted molar refractivity (Wildman–Crippen MR) is 83.1 cm³/mol. The zero-order valence-corrected chi connectivity index (χ0v) is 13.8. The van der Waals surface area contributed by atoms with Gasteiger partial charge in [0.15, 0.2) is 0 Å². The number of methoxy groups -OCH3 is 1. The maximum Gasteiger partial charge on any atom is 0.419 e. The molecule has 1 aliphatic heterocycles. The first-order valence-electron chi connectivity index (χ1n) is 7.00. The molecule has 0 aromatic heterocycles. The van der Waals surface area contributed by atoms with Crippen LogP contribution in [0, 0.1) is 0 Å². The van der Waals surface area contributed by atoms with Crippen LogP contribution < -0.4 is 4.74 Å². The van der Waals surface area contributed by atoms with Crippen LogP contribution in [0.1, 0.15) is 28.4 Å². The second kappa shape index (κ2) is 7.79. The van der Waals surface area contributed by atoms with Gasteiger partial charge in [-0.15, -0.1) is 11.6 Å². The Bertz CT molecular complexity index is 508. The van der Waals surface area contributed by atoms with Gasteiger partial charge in [-0.2, -0.15) is 24.9 Å². The van der Waals surface area contributed by atoms with Gasteiger partial charge in [0.05, 0.1) is 31.1 Å². The molecule has 0 amide bonds. The van der Waals surface area contributed by atoms with Gasteiger partial charge < -0.3 is 9.47 Å². The van der Waals surface area contributed by atoms with E-state index >= 15 is 0 Å². The van der Waals surface area contributed by atoms with Crippen LogP contribution in [0.5, 0.6) is 5.75 Å². The fourth-order valence-electron chi connectivity index (χ4n) is 2.51. The minimum absolute atomic E-state index is 0.104. The fraction of sp³-hybridized carbons (Fsp3) is 0.600. The summed E-state index contributed by atoms with van der Waals surface area (Å²) in [5.74, 6) is 1.16. The Morgan fingerprint density at radius 2 is 2.14 bits per heavy atom. The molecule has 0 spiro atoms. The van der Waals surface area contributed by atoms with Gasteiger partial charge in [-0.3, -0.25) is 0 Å². The number of thioether (sulfide) groups is 1. The monoisotopic (exact) mass is 354 g/mol. The average Bonchev–Trinajstić information content (AvgIpc) is 2.67. The normalized spacial score (nSPS) is 18.7. The molecule has 0 fully saturated rings. The number of benzene rings is 1. The van der Waals surface area contributed by atoms with E-state index in [4.69, 9.17) is 21.1 Å². The SMILES string of the molecule is COc1cc2c(cc1C(F)(F)F)C(COCCCl)SCCC2. The van der Waals surface area contributed by atoms with Crippen LogP contribution >= 0.6 is 23.4 Å². The molecule has 1 unspecified atom stereocenters. The largest absolute Gasteiger partial charge is 0.496 e. The van der Waals surface area contributed by atoms with E-state index in [0.717, 1.165) is 24.2 Å². The van der Waals surface area contributed by atoms with Crippen molar-refractivity contribution < 1.29 is 22.6 Å². The van der Waals surface area contributed by atoms with Crippen molar-refractivity contribution in [3.63, 3.8) is 0 Å². The summed E-state index contributed by atoms with van der Waals surface area (Å²) in [7, 11) is 1.27. The zero-order chi connectivity index (χ0) is 16.2. The molecule has 0 bridgehead atoms. The van der Waals surface area contributed by atoms with E-state index in [0.29, 0.717) is 24.7 Å². The van der Waals surface area contributed by atoms with Crippen molar-refractivity contribution in [2.24, 2.45) is 0 Å². The minimum atomic E-state index is -4.43. The van der Waals surface area contributed by atoms with Gasteiger partial charge in [-0.25, -0.2) is 0 Å². The Labute approximate surface area is 137 Å². The maximum atomic E-state index is 13.2. The molecule has 0 radical (unpaired) electrons. The van der Waals surface area contributed by atoms with Gasteiger partial charge in [-0.1, -0.05) is 0 Å². The van der Waals surface area contributed by atoms with E-state index in [1.165, 1.54) is 19.2 Å². The molecule has 1 aliphatic rings. The number of fused-ring (bicyclic) bond motifs is 1. The van der Waals surface area contributed by atoms with Crippen LogP contribution in [0.2, 0.25) is 0 Å². The highest BCUT2D eigenvalue weighted by molar-refractivity contribution is 7.99. The van der Waals surface area contributed by atoms with Crippen molar-refractivity contribution in [2.75, 3.05) is 32.0 Å². The molecule has 7 heteroatoms. The molecule has 2 nitrogen and oxygen atoms in total. The van der Waals surface area contributed by atoms with Crippen molar-refractivity contribution in [2.45, 2.75) is 24.3 Å². The molecule has 1 aromatic carbocycles. The Hall–Kier alpha value is -0.590. The van der Waals surface area contributed by atoms with Crippen molar-refractivity contribution in [1.82, 2.24) is 0 Å². The minimum Gasteiger partial charge on any atom is -0.496 e. The number of hydrogen-bond donors (Lipinski definition) is 0. The lowest BCUT2D eigenvalue weighted by Gasteiger charge is -2.21. The lowest BCUT2D eigenvalue weighted by atomic mass is 9.97. The number of aryl methyl sites for hydroxylation is 1. The molecule has 22 heavy (non-hydrogen) atoms. The van der Waals surface area contributed by atoms with Gasteiger partial charge in [0.1, 0.15) is 5.75 Å². The van der Waals surface area contributed by atoms with Crippen LogP contribution in [0.15, 0.2) is 12.1 Å². The molecule has 2 rings (SSSR count). The topological polar surface area (TPSA) is 18.5 Å². The van der Waals surface area contributed by atoms with Crippen LogP contribution in [0.25, 0.3) is 0 Å². The molecular formula is C15H18ClF3O2S. The summed E-state index contributed by atoms with van der Waals surface area (Å²) in [6, 6.07) is 2.75. The number of ether oxygens (including phenoxy) is 2. The third-order valence-electron chi connectivity index (χ3n) is 3.51. The second-order valence-corrected chi connectivity index (χ2v) is 6.66. The highest BCUT2D eigenvalue weighted by Gasteiger charge is 2.36. The summed E-state index contributed by atoms with van der Waals surface area (Å²) in [6.07, 6.45) is -2.75. The summed E-state index contributed by atoms with van der Waals surface area (Å²) in [5.41, 5.74) is 0.887. The van der Waals surface area contributed by atoms with Gasteiger partial charge in [0.2, 0.25) is 0 Å². The first-order valence-corrected chi connectivity index (χ1v) is 8.59. The van der Waals surface area contributed by atoms with Gasteiger partial charge in [0, 0.05) is 5.88 Å². The average molecular weight is 355 g/mol. The molecular weight excluding hydrogens is 337 g/mol. The zero-order valence-electron chi connectivity index (χ0n) is 12.2. The molecule has 1 atom stereocenters. The Morgan fingerprint density at radius 1 is 1.36 bits per heavy atom. The third kappa shape index (κ3) is 4.24. The summed E-state index contributed by atoms with van der Waals surface area (Å²) < 4.78 is 50.0. The van der Waals surface area contributed by atoms with E-state index in [9.17, 15) is 13.2 Å². The van der Waals surface area contributed by atoms with E-state index in [1.807, 2.05) is 0 Å². The van der Waals surface area contributed by atoms with Crippen LogP contribution in [-0.4, -0.2) is 32.0 Å². The molecule has 1 aromatic rings. The number of hydrogen-bond acceptors (Lipinski definition) is 3. The van der Waals surface area contributed by atoms with Crippen molar-refractivity contribution in [1.29, 1.82) is 0 Å². The Kier molecular flexibility index (Phi) is 6.29. The lowest BCUT2D eigenvalue weighted by molar-refractivity contribution is -0.138. The quantitative estimate of drug-likeness (QED) is 0.564. The number of rotatable bonds is 5. The standard InChI is InChI=1S/C15H18ClF3O2S/c1-20-13-7-10-3-2-6-22-14(9-21-5-4-16)11(10)8-12(13)15(17,18)19/h7-8,14H,2-6,9H2,1H3. The first-order chi connectivity index (χ1) is 10.5. The summed E-state index contributed by atoms with van der Waals surface area (Å²) in [6.45, 7) is 0.768. The highest BCUT2D eigenvalue weighted by Crippen LogP contribution is 2.43. The van der Waals surface area contributed by atoms with Gasteiger partial charge in [-0.05, 0) is 41.9 Å². The molecule has 0 saturated carbocycles. The maximum absolute atomic E-state index is 13.2. The highest BCUT2D eigenvalue weighted by atomic mass is 35.5. The summed E-state index contributed by atoms with van der Waals surface area (Å²) in [5, 5.41) is -0.104.